The monoisotopic (exact) mass is 451 g/mol. The number of benzene rings is 1. The third-order valence-electron chi connectivity index (χ3n) is 4.93. The molecule has 3 aromatic heterocycles. The lowest BCUT2D eigenvalue weighted by Crippen LogP contribution is -2.17. The average molecular weight is 452 g/mol. The molecule has 4 rings (SSSR count). The van der Waals surface area contributed by atoms with Gasteiger partial charge in [-0.2, -0.15) is 10.4 Å². The second kappa shape index (κ2) is 7.69. The predicted octanol–water partition coefficient (Wildman–Crippen LogP) is 4.65. The van der Waals surface area contributed by atoms with E-state index in [1.165, 1.54) is 16.6 Å². The molecule has 9 heteroatoms. The Labute approximate surface area is 185 Å². The van der Waals surface area contributed by atoms with Crippen LogP contribution in [0.25, 0.3) is 16.8 Å². The lowest BCUT2D eigenvalue weighted by Gasteiger charge is -2.16. The molecule has 0 aliphatic heterocycles. The van der Waals surface area contributed by atoms with Gasteiger partial charge in [-0.1, -0.05) is 23.7 Å². The topological polar surface area (TPSA) is 100 Å². The van der Waals surface area contributed by atoms with Gasteiger partial charge in [-0.3, -0.25) is 9.71 Å². The maximum atomic E-state index is 13.0. The zero-order valence-electron chi connectivity index (χ0n) is 16.7. The Morgan fingerprint density at radius 1 is 1.13 bits per heavy atom. The van der Waals surface area contributed by atoms with Gasteiger partial charge in [0.15, 0.2) is 0 Å². The highest BCUT2D eigenvalue weighted by Gasteiger charge is 2.22. The molecule has 156 valence electrons. The van der Waals surface area contributed by atoms with Crippen LogP contribution in [-0.2, 0) is 15.4 Å². The van der Waals surface area contributed by atoms with E-state index in [1.54, 1.807) is 62.6 Å². The first kappa shape index (κ1) is 20.8. The summed E-state index contributed by atoms with van der Waals surface area (Å²) in [6.07, 6.45) is 3.33. The fourth-order valence-corrected chi connectivity index (χ4v) is 4.33. The van der Waals surface area contributed by atoms with E-state index in [4.69, 9.17) is 11.6 Å². The van der Waals surface area contributed by atoms with Crippen LogP contribution in [0.4, 0.5) is 5.82 Å². The molecule has 0 saturated carbocycles. The molecule has 0 aliphatic rings. The van der Waals surface area contributed by atoms with Gasteiger partial charge in [0.2, 0.25) is 0 Å². The van der Waals surface area contributed by atoms with Gasteiger partial charge in [-0.25, -0.2) is 12.9 Å². The minimum absolute atomic E-state index is 0.0766. The van der Waals surface area contributed by atoms with Crippen molar-refractivity contribution in [3.8, 4) is 17.3 Å². The molecule has 1 N–H and O–H groups in total. The van der Waals surface area contributed by atoms with Gasteiger partial charge in [0.05, 0.1) is 32.6 Å². The van der Waals surface area contributed by atoms with Gasteiger partial charge in [0, 0.05) is 18.0 Å². The molecule has 0 saturated heterocycles. The standard InChI is InChI=1S/C22H18ClN5O2S/c1-22(2,14-24)16-5-7-17(8-6-16)31(29,30)27-21-10-9-18(23)20-12-19(26-28(20)21)15-4-3-11-25-13-15/h3-13,27H,1-2H3. The summed E-state index contributed by atoms with van der Waals surface area (Å²) < 4.78 is 30.0. The van der Waals surface area contributed by atoms with Gasteiger partial charge < -0.3 is 0 Å². The number of nitriles is 1. The fraction of sp³-hybridized carbons (Fsp3) is 0.136. The number of fused-ring (bicyclic) bond motifs is 1. The lowest BCUT2D eigenvalue weighted by atomic mass is 9.87. The third kappa shape index (κ3) is 3.98. The van der Waals surface area contributed by atoms with Crippen molar-refractivity contribution in [1.82, 2.24) is 14.6 Å². The van der Waals surface area contributed by atoms with Crippen LogP contribution in [0, 0.1) is 11.3 Å². The highest BCUT2D eigenvalue weighted by Crippen LogP contribution is 2.28. The lowest BCUT2D eigenvalue weighted by molar-refractivity contribution is 0.600. The van der Waals surface area contributed by atoms with Gasteiger partial charge >= 0.3 is 0 Å². The second-order valence-electron chi connectivity index (χ2n) is 7.50. The highest BCUT2D eigenvalue weighted by atomic mass is 35.5. The van der Waals surface area contributed by atoms with Crippen molar-refractivity contribution in [2.75, 3.05) is 4.72 Å². The van der Waals surface area contributed by atoms with Crippen molar-refractivity contribution in [1.29, 1.82) is 5.26 Å². The Bertz CT molecular complexity index is 1410. The van der Waals surface area contributed by atoms with Crippen LogP contribution in [0.1, 0.15) is 19.4 Å². The van der Waals surface area contributed by atoms with Gasteiger partial charge in [0.1, 0.15) is 5.82 Å². The zero-order valence-corrected chi connectivity index (χ0v) is 18.3. The van der Waals surface area contributed by atoms with Crippen LogP contribution in [0.15, 0.2) is 71.9 Å². The molecular weight excluding hydrogens is 434 g/mol. The summed E-state index contributed by atoms with van der Waals surface area (Å²) in [5.41, 5.74) is 1.98. The summed E-state index contributed by atoms with van der Waals surface area (Å²) in [5.74, 6) is 0.246. The molecule has 0 fully saturated rings. The number of hydrogen-bond acceptors (Lipinski definition) is 5. The summed E-state index contributed by atoms with van der Waals surface area (Å²) in [7, 11) is -3.89. The first-order valence-electron chi connectivity index (χ1n) is 9.34. The van der Waals surface area contributed by atoms with E-state index in [-0.39, 0.29) is 10.7 Å². The largest absolute Gasteiger partial charge is 0.264 e. The van der Waals surface area contributed by atoms with Crippen molar-refractivity contribution < 1.29 is 8.42 Å². The Morgan fingerprint density at radius 3 is 2.52 bits per heavy atom. The molecule has 3 heterocycles. The summed E-state index contributed by atoms with van der Waals surface area (Å²) in [4.78, 5) is 4.17. The number of aromatic nitrogens is 3. The quantitative estimate of drug-likeness (QED) is 0.476. The molecule has 0 amide bonds. The number of sulfonamides is 1. The Balaban J connectivity index is 1.72. The van der Waals surface area contributed by atoms with Crippen molar-refractivity contribution in [2.24, 2.45) is 0 Å². The zero-order chi connectivity index (χ0) is 22.2. The van der Waals surface area contributed by atoms with Crippen molar-refractivity contribution in [2.45, 2.75) is 24.2 Å². The molecule has 7 nitrogen and oxygen atoms in total. The molecule has 0 atom stereocenters. The van der Waals surface area contributed by atoms with Crippen LogP contribution in [0.2, 0.25) is 5.02 Å². The number of pyridine rings is 2. The number of halogens is 1. The first-order valence-corrected chi connectivity index (χ1v) is 11.2. The van der Waals surface area contributed by atoms with Gasteiger partial charge in [0.25, 0.3) is 10.0 Å². The number of nitrogens with one attached hydrogen (secondary N) is 1. The minimum atomic E-state index is -3.89. The van der Waals surface area contributed by atoms with E-state index in [0.29, 0.717) is 16.2 Å². The van der Waals surface area contributed by atoms with E-state index in [9.17, 15) is 13.7 Å². The maximum absolute atomic E-state index is 13.0. The summed E-state index contributed by atoms with van der Waals surface area (Å²) >= 11 is 6.31. The third-order valence-corrected chi connectivity index (χ3v) is 6.62. The van der Waals surface area contributed by atoms with E-state index >= 15 is 0 Å². The normalized spacial score (nSPS) is 11.9. The summed E-state index contributed by atoms with van der Waals surface area (Å²) in [6.45, 7) is 3.55. The van der Waals surface area contributed by atoms with Crippen molar-refractivity contribution in [3.63, 3.8) is 0 Å². The second-order valence-corrected chi connectivity index (χ2v) is 9.59. The van der Waals surface area contributed by atoms with Crippen molar-refractivity contribution in [3.05, 3.63) is 77.6 Å². The Kier molecular flexibility index (Phi) is 5.17. The summed E-state index contributed by atoms with van der Waals surface area (Å²) in [5, 5.41) is 14.2. The molecule has 1 aromatic carbocycles. The molecule has 0 unspecified atom stereocenters. The SMILES string of the molecule is CC(C)(C#N)c1ccc(S(=O)(=O)Nc2ccc(Cl)c3cc(-c4cccnc4)nn23)cc1. The molecule has 0 spiro atoms. The van der Waals surface area contributed by atoms with Crippen molar-refractivity contribution >= 4 is 33.0 Å². The van der Waals surface area contributed by atoms with Crippen LogP contribution in [0.3, 0.4) is 0 Å². The molecular formula is C22H18ClN5O2S. The van der Waals surface area contributed by atoms with Crippen LogP contribution in [0.5, 0.6) is 0 Å². The van der Waals surface area contributed by atoms with Crippen LogP contribution < -0.4 is 4.72 Å². The maximum Gasteiger partial charge on any atom is 0.263 e. The molecule has 0 aliphatic carbocycles. The Morgan fingerprint density at radius 2 is 1.87 bits per heavy atom. The van der Waals surface area contributed by atoms with Gasteiger partial charge in [-0.15, -0.1) is 0 Å². The van der Waals surface area contributed by atoms with Crippen LogP contribution >= 0.6 is 11.6 Å². The average Bonchev–Trinajstić information content (AvgIpc) is 3.23. The number of rotatable bonds is 5. The highest BCUT2D eigenvalue weighted by molar-refractivity contribution is 7.92. The number of anilines is 1. The van der Waals surface area contributed by atoms with E-state index in [0.717, 1.165) is 11.1 Å². The fourth-order valence-electron chi connectivity index (χ4n) is 3.09. The predicted molar refractivity (Wildman–Crippen MR) is 119 cm³/mol. The van der Waals surface area contributed by atoms with E-state index in [2.05, 4.69) is 20.9 Å². The minimum Gasteiger partial charge on any atom is -0.264 e. The van der Waals surface area contributed by atoms with E-state index < -0.39 is 15.4 Å². The summed E-state index contributed by atoms with van der Waals surface area (Å²) in [6, 6.07) is 17.0. The number of nitrogens with zero attached hydrogens (tertiary/aromatic N) is 4. The van der Waals surface area contributed by atoms with Crippen LogP contribution in [-0.4, -0.2) is 23.0 Å². The molecule has 0 bridgehead atoms. The molecule has 0 radical (unpaired) electrons. The van der Waals surface area contributed by atoms with E-state index in [1.807, 2.05) is 6.07 Å². The first-order chi connectivity index (χ1) is 14.7. The molecule has 4 aromatic rings. The smallest absolute Gasteiger partial charge is 0.263 e. The Hall–Kier alpha value is -3.41. The van der Waals surface area contributed by atoms with Gasteiger partial charge in [-0.05, 0) is 61.9 Å². The molecule has 31 heavy (non-hydrogen) atoms. The number of hydrogen-bond donors (Lipinski definition) is 1.